The molecular weight excluding hydrogens is 813 g/mol. The van der Waals surface area contributed by atoms with Crippen LogP contribution in [0.5, 0.6) is 0 Å². The fraction of sp³-hybridized carbons (Fsp3) is 0.738. The van der Waals surface area contributed by atoms with E-state index in [2.05, 4.69) is 106 Å². The van der Waals surface area contributed by atoms with Crippen molar-refractivity contribution in [3.05, 3.63) is 85.1 Å². The summed E-state index contributed by atoms with van der Waals surface area (Å²) in [4.78, 5) is 25.5. The van der Waals surface area contributed by atoms with Gasteiger partial charge < -0.3 is 14.2 Å². The van der Waals surface area contributed by atoms with Crippen LogP contribution in [-0.4, -0.2) is 37.9 Å². The van der Waals surface area contributed by atoms with Crippen molar-refractivity contribution in [1.29, 1.82) is 0 Å². The second-order valence-electron chi connectivity index (χ2n) is 18.5. The van der Waals surface area contributed by atoms with Crippen molar-refractivity contribution in [3.8, 4) is 0 Å². The molecule has 0 spiro atoms. The molecule has 380 valence electrons. The summed E-state index contributed by atoms with van der Waals surface area (Å²) in [6.45, 7) is 7.66. The molecule has 0 bridgehead atoms. The molecule has 0 unspecified atom stereocenters. The summed E-state index contributed by atoms with van der Waals surface area (Å²) in [6, 6.07) is 0. The van der Waals surface area contributed by atoms with Gasteiger partial charge in [-0.25, -0.2) is 0 Å². The Balaban J connectivity index is 4.36. The van der Waals surface area contributed by atoms with E-state index in [0.29, 0.717) is 19.4 Å². The van der Waals surface area contributed by atoms with Crippen LogP contribution in [0.1, 0.15) is 265 Å². The fourth-order valence-electron chi connectivity index (χ4n) is 7.74. The van der Waals surface area contributed by atoms with E-state index in [4.69, 9.17) is 14.2 Å². The van der Waals surface area contributed by atoms with Gasteiger partial charge in [0, 0.05) is 19.4 Å². The summed E-state index contributed by atoms with van der Waals surface area (Å²) < 4.78 is 17.4. The van der Waals surface area contributed by atoms with Gasteiger partial charge in [-0.2, -0.15) is 0 Å². The molecule has 0 aliphatic rings. The van der Waals surface area contributed by atoms with Gasteiger partial charge in [-0.1, -0.05) is 241 Å². The Morgan fingerprint density at radius 1 is 0.348 bits per heavy atom. The first-order valence-electron chi connectivity index (χ1n) is 28.1. The van der Waals surface area contributed by atoms with Gasteiger partial charge in [-0.3, -0.25) is 9.59 Å². The average Bonchev–Trinajstić information content (AvgIpc) is 3.32. The number of rotatable bonds is 51. The largest absolute Gasteiger partial charge is 0.462 e. The molecule has 0 aromatic heterocycles. The first-order valence-corrected chi connectivity index (χ1v) is 28.1. The summed E-state index contributed by atoms with van der Waals surface area (Å²) in [5.41, 5.74) is 0. The third-order valence-corrected chi connectivity index (χ3v) is 11.9. The van der Waals surface area contributed by atoms with E-state index < -0.39 is 6.10 Å². The van der Waals surface area contributed by atoms with Gasteiger partial charge in [0.05, 0.1) is 6.61 Å². The van der Waals surface area contributed by atoms with Crippen molar-refractivity contribution in [2.24, 2.45) is 0 Å². The molecule has 0 aliphatic carbocycles. The molecule has 5 heteroatoms. The standard InChI is InChI=1S/C61H106O5/c1-4-7-10-13-16-19-22-25-28-31-33-36-39-42-45-48-51-54-60(62)65-58-59(57-64-56-53-50-47-44-41-38-35-30-27-24-21-18-15-12-9-6-3)66-61(63)55-52-49-46-43-40-37-34-32-29-26-23-20-17-14-11-8-5-2/h8,11,16-17,19-20,25-26,28-29,33-34,36-37,59H,4-7,9-10,12-15,18,21-24,27,30-32,35,38-58H2,1-3H3/b11-8-,19-16-,20-17-,28-25-,29-26-,36-33-,37-34-/t59-/m1/s1. The van der Waals surface area contributed by atoms with Crippen LogP contribution in [-0.2, 0) is 23.8 Å². The third kappa shape index (κ3) is 53.7. The summed E-state index contributed by atoms with van der Waals surface area (Å²) in [5, 5.41) is 0. The highest BCUT2D eigenvalue weighted by molar-refractivity contribution is 5.70. The van der Waals surface area contributed by atoms with Gasteiger partial charge in [0.25, 0.3) is 0 Å². The van der Waals surface area contributed by atoms with Gasteiger partial charge in [0.15, 0.2) is 6.10 Å². The maximum atomic E-state index is 12.8. The van der Waals surface area contributed by atoms with Crippen molar-refractivity contribution in [1.82, 2.24) is 0 Å². The van der Waals surface area contributed by atoms with Crippen LogP contribution in [0.3, 0.4) is 0 Å². The van der Waals surface area contributed by atoms with Crippen molar-refractivity contribution in [3.63, 3.8) is 0 Å². The molecule has 0 amide bonds. The van der Waals surface area contributed by atoms with Crippen LogP contribution >= 0.6 is 0 Å². The van der Waals surface area contributed by atoms with Crippen molar-refractivity contribution < 1.29 is 23.8 Å². The molecule has 66 heavy (non-hydrogen) atoms. The Labute approximate surface area is 409 Å². The van der Waals surface area contributed by atoms with Crippen LogP contribution in [0.25, 0.3) is 0 Å². The van der Waals surface area contributed by atoms with E-state index in [1.54, 1.807) is 0 Å². The molecule has 0 aromatic carbocycles. The highest BCUT2D eigenvalue weighted by Gasteiger charge is 2.17. The third-order valence-electron chi connectivity index (χ3n) is 11.9. The Bertz CT molecular complexity index is 1220. The minimum atomic E-state index is -0.561. The predicted octanol–water partition coefficient (Wildman–Crippen LogP) is 19.2. The lowest BCUT2D eigenvalue weighted by atomic mass is 10.0. The molecule has 0 heterocycles. The maximum absolute atomic E-state index is 12.8. The number of esters is 2. The number of carbonyl (C=O) groups is 2. The van der Waals surface area contributed by atoms with E-state index in [1.165, 1.54) is 116 Å². The van der Waals surface area contributed by atoms with Gasteiger partial charge in [0.2, 0.25) is 0 Å². The van der Waals surface area contributed by atoms with Crippen LogP contribution in [0, 0.1) is 0 Å². The van der Waals surface area contributed by atoms with E-state index >= 15 is 0 Å². The Morgan fingerprint density at radius 2 is 0.682 bits per heavy atom. The molecule has 0 aliphatic heterocycles. The second-order valence-corrected chi connectivity index (χ2v) is 18.5. The lowest BCUT2D eigenvalue weighted by molar-refractivity contribution is -0.163. The average molecular weight is 920 g/mol. The number of ether oxygens (including phenoxy) is 3. The number of hydrogen-bond acceptors (Lipinski definition) is 5. The SMILES string of the molecule is CC/C=C\C/C=C\C/C=C\C/C=C\CCCCCCC(=O)O[C@H](COCCCCCCCCCCCCCCCCCC)COC(=O)CCCCCC/C=C\C/C=C\C/C=C\CCCCC. The number of allylic oxidation sites excluding steroid dienone is 14. The lowest BCUT2D eigenvalue weighted by Crippen LogP contribution is -2.30. The van der Waals surface area contributed by atoms with E-state index in [-0.39, 0.29) is 25.2 Å². The molecule has 0 saturated heterocycles. The fourth-order valence-corrected chi connectivity index (χ4v) is 7.74. The minimum absolute atomic E-state index is 0.0624. The van der Waals surface area contributed by atoms with Crippen molar-refractivity contribution in [2.75, 3.05) is 19.8 Å². The first kappa shape index (κ1) is 63.1. The summed E-state index contributed by atoms with van der Waals surface area (Å²) in [7, 11) is 0. The highest BCUT2D eigenvalue weighted by atomic mass is 16.6. The van der Waals surface area contributed by atoms with Crippen LogP contribution in [0.15, 0.2) is 85.1 Å². The normalized spacial score (nSPS) is 12.8. The number of carbonyl (C=O) groups excluding carboxylic acids is 2. The van der Waals surface area contributed by atoms with Crippen molar-refractivity contribution in [2.45, 2.75) is 271 Å². The molecule has 0 radical (unpaired) electrons. The zero-order chi connectivity index (χ0) is 47.7. The highest BCUT2D eigenvalue weighted by Crippen LogP contribution is 2.15. The molecule has 0 saturated carbocycles. The Morgan fingerprint density at radius 3 is 1.12 bits per heavy atom. The summed E-state index contributed by atoms with van der Waals surface area (Å²) in [5.74, 6) is -0.444. The predicted molar refractivity (Wildman–Crippen MR) is 288 cm³/mol. The maximum Gasteiger partial charge on any atom is 0.306 e. The molecule has 0 aromatic rings. The van der Waals surface area contributed by atoms with Gasteiger partial charge in [-0.05, 0) is 96.3 Å². The van der Waals surface area contributed by atoms with Gasteiger partial charge in [-0.15, -0.1) is 0 Å². The molecule has 5 nitrogen and oxygen atoms in total. The molecule has 0 N–H and O–H groups in total. The second kappa shape index (κ2) is 56.4. The van der Waals surface area contributed by atoms with Crippen LogP contribution in [0.4, 0.5) is 0 Å². The number of unbranched alkanes of at least 4 members (excludes halogenated alkanes) is 26. The van der Waals surface area contributed by atoms with Crippen molar-refractivity contribution >= 4 is 11.9 Å². The molecular formula is C61H106O5. The topological polar surface area (TPSA) is 61.8 Å². The first-order chi connectivity index (χ1) is 32.6. The summed E-state index contributed by atoms with van der Waals surface area (Å²) >= 11 is 0. The molecule has 0 fully saturated rings. The zero-order valence-corrected chi connectivity index (χ0v) is 43.7. The monoisotopic (exact) mass is 919 g/mol. The molecule has 0 rings (SSSR count). The Kier molecular flexibility index (Phi) is 53.9. The number of hydrogen-bond donors (Lipinski definition) is 0. The Hall–Kier alpha value is -2.92. The molecule has 1 atom stereocenters. The smallest absolute Gasteiger partial charge is 0.306 e. The van der Waals surface area contributed by atoms with E-state index in [9.17, 15) is 9.59 Å². The quantitative estimate of drug-likeness (QED) is 0.0346. The minimum Gasteiger partial charge on any atom is -0.462 e. The lowest BCUT2D eigenvalue weighted by Gasteiger charge is -2.18. The van der Waals surface area contributed by atoms with E-state index in [1.807, 2.05) is 0 Å². The van der Waals surface area contributed by atoms with E-state index in [0.717, 1.165) is 116 Å². The van der Waals surface area contributed by atoms with Gasteiger partial charge in [0.1, 0.15) is 6.61 Å². The van der Waals surface area contributed by atoms with Crippen LogP contribution in [0.2, 0.25) is 0 Å². The zero-order valence-electron chi connectivity index (χ0n) is 43.7. The van der Waals surface area contributed by atoms with Gasteiger partial charge >= 0.3 is 11.9 Å². The van der Waals surface area contributed by atoms with Crippen LogP contribution < -0.4 is 0 Å². The summed E-state index contributed by atoms with van der Waals surface area (Å²) in [6.07, 6.45) is 74.5.